The van der Waals surface area contributed by atoms with Crippen LogP contribution in [0.5, 0.6) is 5.75 Å². The van der Waals surface area contributed by atoms with Crippen LogP contribution < -0.4 is 15.0 Å². The van der Waals surface area contributed by atoms with Crippen LogP contribution in [0.2, 0.25) is 0 Å². The first-order chi connectivity index (χ1) is 15.6. The maximum Gasteiger partial charge on any atom is 0.223 e. The van der Waals surface area contributed by atoms with Crippen molar-refractivity contribution in [3.8, 4) is 5.75 Å². The van der Waals surface area contributed by atoms with E-state index in [1.807, 2.05) is 29.2 Å². The van der Waals surface area contributed by atoms with Gasteiger partial charge in [0.15, 0.2) is 4.34 Å². The van der Waals surface area contributed by atoms with Crippen LogP contribution in [0.4, 0.5) is 20.9 Å². The Morgan fingerprint density at radius 3 is 2.50 bits per heavy atom. The lowest BCUT2D eigenvalue weighted by atomic mass is 10.2. The Hall–Kier alpha value is -2.85. The zero-order valence-electron chi connectivity index (χ0n) is 17.7. The summed E-state index contributed by atoms with van der Waals surface area (Å²) in [6, 6.07) is 14.1. The number of rotatable bonds is 8. The van der Waals surface area contributed by atoms with E-state index in [4.69, 9.17) is 4.74 Å². The molecular weight excluding hydrogens is 449 g/mol. The quantitative estimate of drug-likeness (QED) is 0.490. The fourth-order valence-corrected chi connectivity index (χ4v) is 5.14. The van der Waals surface area contributed by atoms with Crippen molar-refractivity contribution < 1.29 is 13.9 Å². The van der Waals surface area contributed by atoms with Crippen LogP contribution in [0.1, 0.15) is 6.42 Å². The Morgan fingerprint density at radius 2 is 1.81 bits per heavy atom. The lowest BCUT2D eigenvalue weighted by molar-refractivity contribution is -0.131. The molecule has 1 saturated heterocycles. The Balaban J connectivity index is 1.18. The first-order valence-electron chi connectivity index (χ1n) is 10.3. The number of carbonyl (C=O) groups is 1. The summed E-state index contributed by atoms with van der Waals surface area (Å²) in [5.41, 5.74) is 1.90. The van der Waals surface area contributed by atoms with Crippen molar-refractivity contribution in [1.29, 1.82) is 0 Å². The van der Waals surface area contributed by atoms with Crippen LogP contribution in [0, 0.1) is 5.82 Å². The van der Waals surface area contributed by atoms with Crippen LogP contribution in [0.3, 0.4) is 0 Å². The van der Waals surface area contributed by atoms with Gasteiger partial charge < -0.3 is 19.9 Å². The minimum Gasteiger partial charge on any atom is -0.497 e. The molecule has 1 aromatic heterocycles. The Bertz CT molecular complexity index is 1020. The summed E-state index contributed by atoms with van der Waals surface area (Å²) >= 11 is 2.94. The molecule has 0 saturated carbocycles. The van der Waals surface area contributed by atoms with E-state index in [2.05, 4.69) is 20.4 Å². The molecule has 1 aliphatic rings. The number of anilines is 3. The van der Waals surface area contributed by atoms with Gasteiger partial charge in [-0.15, -0.1) is 10.2 Å². The number of nitrogens with one attached hydrogen (secondary N) is 1. The molecule has 1 fully saturated rings. The molecule has 168 valence electrons. The van der Waals surface area contributed by atoms with E-state index in [1.165, 1.54) is 35.2 Å². The van der Waals surface area contributed by atoms with Crippen molar-refractivity contribution in [2.45, 2.75) is 10.8 Å². The van der Waals surface area contributed by atoms with Crippen molar-refractivity contribution >= 4 is 45.5 Å². The van der Waals surface area contributed by atoms with E-state index in [1.54, 1.807) is 19.2 Å². The van der Waals surface area contributed by atoms with Gasteiger partial charge in [-0.3, -0.25) is 4.79 Å². The zero-order valence-corrected chi connectivity index (χ0v) is 19.3. The summed E-state index contributed by atoms with van der Waals surface area (Å²) in [4.78, 5) is 16.8. The molecular formula is C22H24FN5O2S2. The number of piperazine rings is 1. The highest BCUT2D eigenvalue weighted by atomic mass is 32.2. The minimum absolute atomic E-state index is 0.168. The highest BCUT2D eigenvalue weighted by molar-refractivity contribution is 8.01. The molecule has 3 aromatic rings. The van der Waals surface area contributed by atoms with Gasteiger partial charge in [-0.05, 0) is 48.5 Å². The van der Waals surface area contributed by atoms with Crippen molar-refractivity contribution in [1.82, 2.24) is 15.1 Å². The average Bonchev–Trinajstić information content (AvgIpc) is 3.28. The van der Waals surface area contributed by atoms with Gasteiger partial charge in [-0.25, -0.2) is 4.39 Å². The van der Waals surface area contributed by atoms with Crippen LogP contribution in [-0.4, -0.2) is 60.0 Å². The molecule has 2 heterocycles. The summed E-state index contributed by atoms with van der Waals surface area (Å²) in [5, 5.41) is 12.0. The topological polar surface area (TPSA) is 70.6 Å². The van der Waals surface area contributed by atoms with Crippen LogP contribution in [-0.2, 0) is 4.79 Å². The number of amides is 1. The molecule has 1 amide bonds. The van der Waals surface area contributed by atoms with Gasteiger partial charge in [0.2, 0.25) is 11.0 Å². The Labute approximate surface area is 194 Å². The van der Waals surface area contributed by atoms with Gasteiger partial charge in [0.1, 0.15) is 11.6 Å². The number of thioether (sulfide) groups is 1. The SMILES string of the molecule is COc1ccc(N2CCN(C(=O)CCSc3nnc(Nc4ccc(F)cc4)s3)CC2)cc1. The van der Waals surface area contributed by atoms with Crippen molar-refractivity contribution in [2.75, 3.05) is 49.3 Å². The number of methoxy groups -OCH3 is 1. The number of nitrogens with zero attached hydrogens (tertiary/aromatic N) is 4. The van der Waals surface area contributed by atoms with Gasteiger partial charge in [0.05, 0.1) is 7.11 Å². The van der Waals surface area contributed by atoms with Gasteiger partial charge >= 0.3 is 0 Å². The highest BCUT2D eigenvalue weighted by Gasteiger charge is 2.21. The number of aromatic nitrogens is 2. The molecule has 7 nitrogen and oxygen atoms in total. The molecule has 0 bridgehead atoms. The fourth-order valence-electron chi connectivity index (χ4n) is 3.37. The third-order valence-corrected chi connectivity index (χ3v) is 7.09. The highest BCUT2D eigenvalue weighted by Crippen LogP contribution is 2.28. The molecule has 0 atom stereocenters. The molecule has 0 aliphatic carbocycles. The number of carbonyl (C=O) groups excluding carboxylic acids is 1. The molecule has 2 aromatic carbocycles. The number of hydrogen-bond donors (Lipinski definition) is 1. The largest absolute Gasteiger partial charge is 0.497 e. The molecule has 0 unspecified atom stereocenters. The summed E-state index contributed by atoms with van der Waals surface area (Å²) in [6.45, 7) is 3.08. The molecule has 1 aliphatic heterocycles. The maximum absolute atomic E-state index is 13.0. The second-order valence-corrected chi connectivity index (χ2v) is 9.49. The van der Waals surface area contributed by atoms with Crippen LogP contribution in [0.15, 0.2) is 52.9 Å². The van der Waals surface area contributed by atoms with Gasteiger partial charge in [-0.2, -0.15) is 0 Å². The standard InChI is InChI=1S/C22H24FN5O2S2/c1-30-19-8-6-18(7-9-19)27-11-13-28(14-12-27)20(29)10-15-31-22-26-25-21(32-22)24-17-4-2-16(23)3-5-17/h2-9H,10-15H2,1H3,(H,24,25). The molecule has 0 radical (unpaired) electrons. The molecule has 0 spiro atoms. The van der Waals surface area contributed by atoms with Crippen LogP contribution >= 0.6 is 23.1 Å². The fraction of sp³-hybridized carbons (Fsp3) is 0.318. The second kappa shape index (κ2) is 10.6. The summed E-state index contributed by atoms with van der Waals surface area (Å²) in [5.74, 6) is 1.38. The second-order valence-electron chi connectivity index (χ2n) is 7.17. The van der Waals surface area contributed by atoms with Crippen molar-refractivity contribution in [2.24, 2.45) is 0 Å². The Morgan fingerprint density at radius 1 is 1.09 bits per heavy atom. The smallest absolute Gasteiger partial charge is 0.223 e. The first kappa shape index (κ1) is 22.3. The summed E-state index contributed by atoms with van der Waals surface area (Å²) in [7, 11) is 1.66. The van der Waals surface area contributed by atoms with Gasteiger partial charge in [-0.1, -0.05) is 23.1 Å². The summed E-state index contributed by atoms with van der Waals surface area (Å²) < 4.78 is 19.0. The lowest BCUT2D eigenvalue weighted by Crippen LogP contribution is -2.48. The molecule has 10 heteroatoms. The van der Waals surface area contributed by atoms with E-state index >= 15 is 0 Å². The minimum atomic E-state index is -0.282. The lowest BCUT2D eigenvalue weighted by Gasteiger charge is -2.36. The third kappa shape index (κ3) is 5.89. The van der Waals surface area contributed by atoms with Gasteiger partial charge in [0.25, 0.3) is 0 Å². The predicted molar refractivity (Wildman–Crippen MR) is 127 cm³/mol. The van der Waals surface area contributed by atoms with Crippen LogP contribution in [0.25, 0.3) is 0 Å². The molecule has 32 heavy (non-hydrogen) atoms. The number of hydrogen-bond acceptors (Lipinski definition) is 8. The number of ether oxygens (including phenoxy) is 1. The molecule has 4 rings (SSSR count). The molecule has 1 N–H and O–H groups in total. The monoisotopic (exact) mass is 473 g/mol. The van der Waals surface area contributed by atoms with E-state index in [0.29, 0.717) is 17.3 Å². The average molecular weight is 474 g/mol. The van der Waals surface area contributed by atoms with Gasteiger partial charge in [0, 0.05) is 49.7 Å². The normalized spacial score (nSPS) is 13.8. The van der Waals surface area contributed by atoms with E-state index in [0.717, 1.165) is 47.6 Å². The maximum atomic E-state index is 13.0. The summed E-state index contributed by atoms with van der Waals surface area (Å²) in [6.07, 6.45) is 0.466. The van der Waals surface area contributed by atoms with E-state index in [-0.39, 0.29) is 11.7 Å². The predicted octanol–water partition coefficient (Wildman–Crippen LogP) is 4.26. The number of halogens is 1. The van der Waals surface area contributed by atoms with Crippen molar-refractivity contribution in [3.63, 3.8) is 0 Å². The number of benzene rings is 2. The van der Waals surface area contributed by atoms with Crippen molar-refractivity contribution in [3.05, 3.63) is 54.3 Å². The van der Waals surface area contributed by atoms with E-state index in [9.17, 15) is 9.18 Å². The van der Waals surface area contributed by atoms with E-state index < -0.39 is 0 Å². The zero-order chi connectivity index (χ0) is 22.3. The first-order valence-corrected chi connectivity index (χ1v) is 12.1. The third-order valence-electron chi connectivity index (χ3n) is 5.11. The Kier molecular flexibility index (Phi) is 7.43.